The minimum atomic E-state index is -0.106. The number of ether oxygens (including phenoxy) is 1. The number of amides is 2. The van der Waals surface area contributed by atoms with Crippen molar-refractivity contribution in [1.82, 2.24) is 15.2 Å². The van der Waals surface area contributed by atoms with Crippen molar-refractivity contribution in [3.8, 4) is 5.75 Å². The number of H-pyrrole nitrogens is 1. The second-order valence-electron chi connectivity index (χ2n) is 6.17. The Hall–Kier alpha value is -2.50. The van der Waals surface area contributed by atoms with Gasteiger partial charge in [0.1, 0.15) is 5.75 Å². The average molecular weight is 329 g/mol. The molecule has 1 aliphatic rings. The first-order chi connectivity index (χ1) is 11.6. The minimum absolute atomic E-state index is 0.0151. The molecular formula is C18H23N3O3. The van der Waals surface area contributed by atoms with Gasteiger partial charge in [-0.1, -0.05) is 6.07 Å². The van der Waals surface area contributed by atoms with Crippen molar-refractivity contribution in [3.05, 3.63) is 30.0 Å². The number of aromatic nitrogens is 1. The molecule has 0 radical (unpaired) electrons. The molecule has 0 spiro atoms. The second-order valence-corrected chi connectivity index (χ2v) is 6.17. The Labute approximate surface area is 141 Å². The van der Waals surface area contributed by atoms with Crippen LogP contribution in [0, 0.1) is 5.92 Å². The Morgan fingerprint density at radius 1 is 1.42 bits per heavy atom. The van der Waals surface area contributed by atoms with Crippen LogP contribution in [0.5, 0.6) is 5.75 Å². The first kappa shape index (κ1) is 16.4. The normalized spacial score (nSPS) is 17.8. The molecule has 24 heavy (non-hydrogen) atoms. The van der Waals surface area contributed by atoms with Gasteiger partial charge in [0.25, 0.3) is 0 Å². The molecule has 0 aliphatic carbocycles. The van der Waals surface area contributed by atoms with Gasteiger partial charge in [-0.05, 0) is 30.5 Å². The van der Waals surface area contributed by atoms with E-state index in [1.165, 1.54) is 0 Å². The molecule has 1 aromatic heterocycles. The summed E-state index contributed by atoms with van der Waals surface area (Å²) in [6.45, 7) is 1.21. The minimum Gasteiger partial charge on any atom is -0.496 e. The summed E-state index contributed by atoms with van der Waals surface area (Å²) in [5.41, 5.74) is 1.88. The van der Waals surface area contributed by atoms with Crippen LogP contribution < -0.4 is 10.1 Å². The van der Waals surface area contributed by atoms with Crippen LogP contribution in [-0.4, -0.2) is 48.9 Å². The molecule has 2 amide bonds. The highest BCUT2D eigenvalue weighted by molar-refractivity contribution is 5.93. The van der Waals surface area contributed by atoms with Gasteiger partial charge in [0, 0.05) is 37.2 Å². The second kappa shape index (κ2) is 6.95. The first-order valence-electron chi connectivity index (χ1n) is 8.26. The predicted molar refractivity (Wildman–Crippen MR) is 91.9 cm³/mol. The van der Waals surface area contributed by atoms with Crippen LogP contribution in [0.25, 0.3) is 10.9 Å². The summed E-state index contributed by atoms with van der Waals surface area (Å²) in [6.07, 6.45) is 3.87. The third-order valence-electron chi connectivity index (χ3n) is 4.70. The van der Waals surface area contributed by atoms with E-state index in [2.05, 4.69) is 10.3 Å². The lowest BCUT2D eigenvalue weighted by Gasteiger charge is -2.31. The van der Waals surface area contributed by atoms with Crippen molar-refractivity contribution in [3.63, 3.8) is 0 Å². The number of piperidine rings is 1. The van der Waals surface area contributed by atoms with Gasteiger partial charge in [0.2, 0.25) is 11.8 Å². The van der Waals surface area contributed by atoms with Crippen LogP contribution in [-0.2, 0) is 16.0 Å². The Kier molecular flexibility index (Phi) is 4.74. The number of rotatable bonds is 4. The standard InChI is InChI=1S/C18H23N3O3/c1-19-18(23)12-5-4-8-21(11-12)16(22)9-13-10-20-14-6-3-7-15(24-2)17(13)14/h3,6-7,10,12,20H,4-5,8-9,11H2,1-2H3,(H,19,23). The summed E-state index contributed by atoms with van der Waals surface area (Å²) < 4.78 is 5.42. The summed E-state index contributed by atoms with van der Waals surface area (Å²) >= 11 is 0. The van der Waals surface area contributed by atoms with Crippen molar-refractivity contribution in [1.29, 1.82) is 0 Å². The molecule has 0 bridgehead atoms. The van der Waals surface area contributed by atoms with Gasteiger partial charge in [-0.25, -0.2) is 0 Å². The van der Waals surface area contributed by atoms with Crippen molar-refractivity contribution >= 4 is 22.7 Å². The summed E-state index contributed by atoms with van der Waals surface area (Å²) in [6, 6.07) is 5.78. The van der Waals surface area contributed by atoms with Crippen molar-refractivity contribution < 1.29 is 14.3 Å². The van der Waals surface area contributed by atoms with E-state index in [4.69, 9.17) is 4.74 Å². The summed E-state index contributed by atoms with van der Waals surface area (Å²) in [5, 5.41) is 3.63. The average Bonchev–Trinajstić information content (AvgIpc) is 3.04. The zero-order valence-electron chi connectivity index (χ0n) is 14.1. The maximum atomic E-state index is 12.7. The zero-order chi connectivity index (χ0) is 17.1. The van der Waals surface area contributed by atoms with Crippen LogP contribution in [0.2, 0.25) is 0 Å². The fourth-order valence-corrected chi connectivity index (χ4v) is 3.43. The van der Waals surface area contributed by atoms with Crippen molar-refractivity contribution in [2.24, 2.45) is 5.92 Å². The molecule has 1 aromatic carbocycles. The zero-order valence-corrected chi connectivity index (χ0v) is 14.1. The number of carbonyl (C=O) groups excluding carboxylic acids is 2. The third kappa shape index (κ3) is 3.09. The number of carbonyl (C=O) groups is 2. The fraction of sp³-hybridized carbons (Fsp3) is 0.444. The molecule has 1 aliphatic heterocycles. The van der Waals surface area contributed by atoms with E-state index < -0.39 is 0 Å². The van der Waals surface area contributed by atoms with E-state index in [-0.39, 0.29) is 17.7 Å². The molecule has 1 unspecified atom stereocenters. The predicted octanol–water partition coefficient (Wildman–Crippen LogP) is 1.70. The van der Waals surface area contributed by atoms with Crippen molar-refractivity contribution in [2.75, 3.05) is 27.2 Å². The maximum absolute atomic E-state index is 12.7. The lowest BCUT2D eigenvalue weighted by Crippen LogP contribution is -2.45. The van der Waals surface area contributed by atoms with Gasteiger partial charge in [-0.2, -0.15) is 0 Å². The Bertz CT molecular complexity index is 753. The molecule has 1 atom stereocenters. The molecular weight excluding hydrogens is 306 g/mol. The summed E-state index contributed by atoms with van der Waals surface area (Å²) in [5.74, 6) is 0.723. The van der Waals surface area contributed by atoms with Gasteiger partial charge >= 0.3 is 0 Å². The van der Waals surface area contributed by atoms with Crippen LogP contribution >= 0.6 is 0 Å². The van der Waals surface area contributed by atoms with Crippen LogP contribution in [0.1, 0.15) is 18.4 Å². The van der Waals surface area contributed by atoms with E-state index in [1.54, 1.807) is 19.1 Å². The molecule has 6 heteroatoms. The number of likely N-dealkylation sites (tertiary alicyclic amines) is 1. The maximum Gasteiger partial charge on any atom is 0.227 e. The summed E-state index contributed by atoms with van der Waals surface area (Å²) in [7, 11) is 3.27. The molecule has 3 rings (SSSR count). The van der Waals surface area contributed by atoms with Gasteiger partial charge in [0.15, 0.2) is 0 Å². The van der Waals surface area contributed by atoms with Gasteiger partial charge in [0.05, 0.1) is 19.4 Å². The molecule has 2 N–H and O–H groups in total. The summed E-state index contributed by atoms with van der Waals surface area (Å²) in [4.78, 5) is 29.5. The van der Waals surface area contributed by atoms with E-state index in [0.29, 0.717) is 19.5 Å². The molecule has 6 nitrogen and oxygen atoms in total. The van der Waals surface area contributed by atoms with E-state index in [9.17, 15) is 9.59 Å². The number of benzene rings is 1. The highest BCUT2D eigenvalue weighted by Crippen LogP contribution is 2.29. The van der Waals surface area contributed by atoms with E-state index in [1.807, 2.05) is 24.4 Å². The molecule has 128 valence electrons. The van der Waals surface area contributed by atoms with Crippen LogP contribution in [0.15, 0.2) is 24.4 Å². The number of hydrogen-bond acceptors (Lipinski definition) is 3. The molecule has 1 fully saturated rings. The lowest BCUT2D eigenvalue weighted by atomic mass is 9.96. The lowest BCUT2D eigenvalue weighted by molar-refractivity contribution is -0.135. The Balaban J connectivity index is 1.76. The number of nitrogens with zero attached hydrogens (tertiary/aromatic N) is 1. The molecule has 2 heterocycles. The van der Waals surface area contributed by atoms with Gasteiger partial charge < -0.3 is 19.9 Å². The third-order valence-corrected chi connectivity index (χ3v) is 4.70. The van der Waals surface area contributed by atoms with Crippen LogP contribution in [0.3, 0.4) is 0 Å². The molecule has 1 saturated heterocycles. The quantitative estimate of drug-likeness (QED) is 0.897. The molecule has 2 aromatic rings. The Morgan fingerprint density at radius 2 is 2.25 bits per heavy atom. The largest absolute Gasteiger partial charge is 0.496 e. The van der Waals surface area contributed by atoms with E-state index >= 15 is 0 Å². The smallest absolute Gasteiger partial charge is 0.227 e. The number of methoxy groups -OCH3 is 1. The highest BCUT2D eigenvalue weighted by atomic mass is 16.5. The van der Waals surface area contributed by atoms with Crippen molar-refractivity contribution in [2.45, 2.75) is 19.3 Å². The number of nitrogens with one attached hydrogen (secondary N) is 2. The number of fused-ring (bicyclic) bond motifs is 1. The van der Waals surface area contributed by atoms with Crippen LogP contribution in [0.4, 0.5) is 0 Å². The monoisotopic (exact) mass is 329 g/mol. The Morgan fingerprint density at radius 3 is 3.00 bits per heavy atom. The first-order valence-corrected chi connectivity index (χ1v) is 8.26. The molecule has 0 saturated carbocycles. The van der Waals surface area contributed by atoms with E-state index in [0.717, 1.165) is 35.1 Å². The highest BCUT2D eigenvalue weighted by Gasteiger charge is 2.28. The van der Waals surface area contributed by atoms with Gasteiger partial charge in [-0.3, -0.25) is 9.59 Å². The fourth-order valence-electron chi connectivity index (χ4n) is 3.43. The van der Waals surface area contributed by atoms with Gasteiger partial charge in [-0.15, -0.1) is 0 Å². The number of aromatic amines is 1. The SMILES string of the molecule is CNC(=O)C1CCCN(C(=O)Cc2c[nH]c3cccc(OC)c23)C1. The number of hydrogen-bond donors (Lipinski definition) is 2. The topological polar surface area (TPSA) is 74.4 Å².